The maximum absolute atomic E-state index is 11.9. The minimum Gasteiger partial charge on any atom is -0.483 e. The second kappa shape index (κ2) is 6.62. The van der Waals surface area contributed by atoms with Crippen LogP contribution in [0.25, 0.3) is 0 Å². The van der Waals surface area contributed by atoms with Crippen molar-refractivity contribution in [1.82, 2.24) is 0 Å². The molecule has 116 valence electrons. The van der Waals surface area contributed by atoms with E-state index < -0.39 is 5.97 Å². The number of carbonyl (C=O) groups is 2. The summed E-state index contributed by atoms with van der Waals surface area (Å²) in [5, 5.41) is 12.0. The number of carbonyl (C=O) groups excluding carboxylic acids is 1. The molecule has 2 aromatic rings. The third-order valence-corrected chi connectivity index (χ3v) is 4.22. The van der Waals surface area contributed by atoms with E-state index >= 15 is 0 Å². The van der Waals surface area contributed by atoms with Crippen LogP contribution < -0.4 is 10.1 Å². The number of hydrogen-bond acceptors (Lipinski definition) is 4. The van der Waals surface area contributed by atoms with Gasteiger partial charge >= 0.3 is 5.97 Å². The highest BCUT2D eigenvalue weighted by atomic mass is 32.1. The van der Waals surface area contributed by atoms with Gasteiger partial charge in [-0.3, -0.25) is 4.79 Å². The van der Waals surface area contributed by atoms with Crippen LogP contribution in [-0.4, -0.2) is 23.6 Å². The molecule has 1 aromatic carbocycles. The van der Waals surface area contributed by atoms with Crippen molar-refractivity contribution in [2.75, 3.05) is 11.9 Å². The molecule has 0 aliphatic carbocycles. The van der Waals surface area contributed by atoms with Gasteiger partial charge in [-0.05, 0) is 44.0 Å². The molecule has 5 nitrogen and oxygen atoms in total. The fourth-order valence-corrected chi connectivity index (χ4v) is 2.87. The topological polar surface area (TPSA) is 75.6 Å². The van der Waals surface area contributed by atoms with Crippen LogP contribution in [0.1, 0.15) is 26.4 Å². The molecule has 0 fully saturated rings. The van der Waals surface area contributed by atoms with E-state index in [-0.39, 0.29) is 18.1 Å². The van der Waals surface area contributed by atoms with Crippen LogP contribution in [0.3, 0.4) is 0 Å². The normalized spacial score (nSPS) is 10.3. The Morgan fingerprint density at radius 2 is 2.00 bits per heavy atom. The summed E-state index contributed by atoms with van der Waals surface area (Å²) in [4.78, 5) is 23.9. The van der Waals surface area contributed by atoms with Gasteiger partial charge in [-0.1, -0.05) is 12.1 Å². The van der Waals surface area contributed by atoms with Crippen LogP contribution in [0, 0.1) is 20.8 Å². The predicted octanol–water partition coefficient (Wildman–Crippen LogP) is 3.39. The Hall–Kier alpha value is -2.34. The molecule has 0 aliphatic heterocycles. The minimum absolute atomic E-state index is 0.0996. The number of ether oxygens (including phenoxy) is 1. The van der Waals surface area contributed by atoms with Gasteiger partial charge in [-0.2, -0.15) is 0 Å². The van der Waals surface area contributed by atoms with Crippen molar-refractivity contribution in [3.63, 3.8) is 0 Å². The van der Waals surface area contributed by atoms with Gasteiger partial charge in [0.05, 0.1) is 5.56 Å². The fourth-order valence-electron chi connectivity index (χ4n) is 1.95. The molecule has 2 N–H and O–H groups in total. The van der Waals surface area contributed by atoms with E-state index in [2.05, 4.69) is 5.32 Å². The van der Waals surface area contributed by atoms with Crippen molar-refractivity contribution in [1.29, 1.82) is 0 Å². The highest BCUT2D eigenvalue weighted by Gasteiger charge is 2.16. The Morgan fingerprint density at radius 1 is 1.27 bits per heavy atom. The number of anilines is 1. The summed E-state index contributed by atoms with van der Waals surface area (Å²) in [5.74, 6) is -0.795. The highest BCUT2D eigenvalue weighted by Crippen LogP contribution is 2.27. The molecule has 0 spiro atoms. The molecule has 1 amide bonds. The lowest BCUT2D eigenvalue weighted by molar-refractivity contribution is -0.118. The molecule has 0 aliphatic rings. The minimum atomic E-state index is -1.06. The second-order valence-corrected chi connectivity index (χ2v) is 6.20. The second-order valence-electron chi connectivity index (χ2n) is 4.94. The summed E-state index contributed by atoms with van der Waals surface area (Å²) >= 11 is 1.23. The number of amides is 1. The Kier molecular flexibility index (Phi) is 4.82. The molecule has 2 rings (SSSR count). The molecule has 1 heterocycles. The first-order valence-corrected chi connectivity index (χ1v) is 7.52. The van der Waals surface area contributed by atoms with Gasteiger partial charge in [-0.25, -0.2) is 4.79 Å². The number of rotatable bonds is 5. The largest absolute Gasteiger partial charge is 0.483 e. The lowest BCUT2D eigenvalue weighted by atomic mass is 10.1. The molecule has 0 saturated carbocycles. The fraction of sp³-hybridized carbons (Fsp3) is 0.250. The molecule has 6 heteroatoms. The third-order valence-electron chi connectivity index (χ3n) is 3.25. The summed E-state index contributed by atoms with van der Waals surface area (Å²) in [6.07, 6.45) is 0. The summed E-state index contributed by atoms with van der Waals surface area (Å²) in [6.45, 7) is 5.52. The average Bonchev–Trinajstić information content (AvgIpc) is 2.81. The van der Waals surface area contributed by atoms with Crippen molar-refractivity contribution >= 4 is 28.2 Å². The lowest BCUT2D eigenvalue weighted by Gasteiger charge is -2.10. The van der Waals surface area contributed by atoms with Crippen molar-refractivity contribution < 1.29 is 19.4 Å². The van der Waals surface area contributed by atoms with Crippen LogP contribution in [-0.2, 0) is 4.79 Å². The summed E-state index contributed by atoms with van der Waals surface area (Å²) in [5.41, 5.74) is 2.16. The van der Waals surface area contributed by atoms with E-state index in [0.717, 1.165) is 16.0 Å². The van der Waals surface area contributed by atoms with Gasteiger partial charge in [0.2, 0.25) is 0 Å². The van der Waals surface area contributed by atoms with Crippen LogP contribution >= 0.6 is 11.3 Å². The molecule has 0 unspecified atom stereocenters. The number of carboxylic acid groups (broad SMARTS) is 1. The number of carboxylic acids is 1. The summed E-state index contributed by atoms with van der Waals surface area (Å²) in [6, 6.07) is 7.16. The van der Waals surface area contributed by atoms with Crippen LogP contribution in [0.5, 0.6) is 5.75 Å². The maximum Gasteiger partial charge on any atom is 0.338 e. The van der Waals surface area contributed by atoms with Crippen molar-refractivity contribution in [3.8, 4) is 5.75 Å². The van der Waals surface area contributed by atoms with Gasteiger partial charge in [0, 0.05) is 4.88 Å². The first-order chi connectivity index (χ1) is 10.4. The SMILES string of the molecule is Cc1cc(C(=O)O)c(NC(=O)COc2cccc(C)c2C)s1. The standard InChI is InChI=1S/C16H17NO4S/c1-9-5-4-6-13(11(9)3)21-8-14(18)17-15-12(16(19)20)7-10(2)22-15/h4-7H,8H2,1-3H3,(H,17,18)(H,19,20). The number of hydrogen-bond donors (Lipinski definition) is 2. The number of benzene rings is 1. The van der Waals surface area contributed by atoms with Crippen LogP contribution in [0.2, 0.25) is 0 Å². The Bertz CT molecular complexity index is 721. The predicted molar refractivity (Wildman–Crippen MR) is 86.1 cm³/mol. The van der Waals surface area contributed by atoms with E-state index in [1.54, 1.807) is 13.0 Å². The lowest BCUT2D eigenvalue weighted by Crippen LogP contribution is -2.21. The van der Waals surface area contributed by atoms with E-state index in [0.29, 0.717) is 10.8 Å². The van der Waals surface area contributed by atoms with Crippen molar-refractivity contribution in [2.24, 2.45) is 0 Å². The molecule has 0 atom stereocenters. The molecular weight excluding hydrogens is 302 g/mol. The van der Waals surface area contributed by atoms with E-state index in [1.807, 2.05) is 26.0 Å². The first kappa shape index (κ1) is 16.0. The zero-order valence-electron chi connectivity index (χ0n) is 12.6. The molecular formula is C16H17NO4S. The van der Waals surface area contributed by atoms with Crippen molar-refractivity contribution in [3.05, 3.63) is 45.8 Å². The molecule has 0 radical (unpaired) electrons. The van der Waals surface area contributed by atoms with Gasteiger partial charge in [0.1, 0.15) is 10.8 Å². The smallest absolute Gasteiger partial charge is 0.338 e. The van der Waals surface area contributed by atoms with Crippen LogP contribution in [0.15, 0.2) is 24.3 Å². The van der Waals surface area contributed by atoms with Gasteiger partial charge in [-0.15, -0.1) is 11.3 Å². The maximum atomic E-state index is 11.9. The average molecular weight is 319 g/mol. The Balaban J connectivity index is 2.02. The number of nitrogens with one attached hydrogen (secondary N) is 1. The van der Waals surface area contributed by atoms with E-state index in [4.69, 9.17) is 9.84 Å². The van der Waals surface area contributed by atoms with Crippen LogP contribution in [0.4, 0.5) is 5.00 Å². The number of aryl methyl sites for hydroxylation is 2. The monoisotopic (exact) mass is 319 g/mol. The molecule has 1 aromatic heterocycles. The van der Waals surface area contributed by atoms with Gasteiger partial charge in [0.25, 0.3) is 5.91 Å². The zero-order chi connectivity index (χ0) is 16.3. The quantitative estimate of drug-likeness (QED) is 0.886. The zero-order valence-corrected chi connectivity index (χ0v) is 13.4. The molecule has 0 saturated heterocycles. The Labute approximate surface area is 132 Å². The molecule has 0 bridgehead atoms. The first-order valence-electron chi connectivity index (χ1n) is 6.71. The number of thiophene rings is 1. The molecule has 22 heavy (non-hydrogen) atoms. The highest BCUT2D eigenvalue weighted by molar-refractivity contribution is 7.16. The van der Waals surface area contributed by atoms with E-state index in [9.17, 15) is 9.59 Å². The number of aromatic carboxylic acids is 1. The third kappa shape index (κ3) is 3.65. The van der Waals surface area contributed by atoms with Gasteiger partial charge < -0.3 is 15.2 Å². The summed E-state index contributed by atoms with van der Waals surface area (Å²) in [7, 11) is 0. The summed E-state index contributed by atoms with van der Waals surface area (Å²) < 4.78 is 5.50. The Morgan fingerprint density at radius 3 is 2.68 bits per heavy atom. The van der Waals surface area contributed by atoms with Crippen molar-refractivity contribution in [2.45, 2.75) is 20.8 Å². The van der Waals surface area contributed by atoms with Gasteiger partial charge in [0.15, 0.2) is 6.61 Å². The van der Waals surface area contributed by atoms with E-state index in [1.165, 1.54) is 17.4 Å².